The minimum absolute atomic E-state index is 0.237. The zero-order chi connectivity index (χ0) is 12.7. The minimum atomic E-state index is -0.237. The topological polar surface area (TPSA) is 28.7 Å². The van der Waals surface area contributed by atoms with Crippen LogP contribution in [0.3, 0.4) is 0 Å². The average Bonchev–Trinajstić information content (AvgIpc) is 2.78. The van der Waals surface area contributed by atoms with Crippen LogP contribution in [0.1, 0.15) is 5.56 Å². The van der Waals surface area contributed by atoms with E-state index in [1.165, 1.54) is 6.07 Å². The molecule has 0 bridgehead atoms. The molecule has 0 atom stereocenters. The summed E-state index contributed by atoms with van der Waals surface area (Å²) in [7, 11) is 0. The Kier molecular flexibility index (Phi) is 2.56. The first-order chi connectivity index (χ1) is 8.65. The smallest absolute Gasteiger partial charge is 0.138 e. The van der Waals surface area contributed by atoms with Gasteiger partial charge in [-0.05, 0) is 30.7 Å². The lowest BCUT2D eigenvalue weighted by Crippen LogP contribution is -1.85. The molecule has 1 aromatic heterocycles. The molecular weight excluding hydrogens is 251 g/mol. The first-order valence-electron chi connectivity index (χ1n) is 5.56. The van der Waals surface area contributed by atoms with E-state index >= 15 is 0 Å². The highest BCUT2D eigenvalue weighted by molar-refractivity contribution is 6.34. The van der Waals surface area contributed by atoms with Crippen LogP contribution in [0, 0.1) is 12.7 Å². The number of nitrogens with zero attached hydrogens (tertiary/aromatic N) is 1. The van der Waals surface area contributed by atoms with E-state index in [1.54, 1.807) is 19.1 Å². The Morgan fingerprint density at radius 1 is 1.22 bits per heavy atom. The lowest BCUT2D eigenvalue weighted by Gasteiger charge is -1.99. The van der Waals surface area contributed by atoms with Gasteiger partial charge in [-0.3, -0.25) is 0 Å². The number of aryl methyl sites for hydroxylation is 1. The Bertz CT molecular complexity index is 734. The highest BCUT2D eigenvalue weighted by Gasteiger charge is 2.09. The number of aromatic amines is 1. The molecule has 0 radical (unpaired) electrons. The Labute approximate surface area is 108 Å². The van der Waals surface area contributed by atoms with Crippen molar-refractivity contribution in [3.05, 3.63) is 52.8 Å². The summed E-state index contributed by atoms with van der Waals surface area (Å²) < 4.78 is 13.5. The SMILES string of the molecule is Cc1ccc(-c2nc3c(Cl)cccc3[nH]2)cc1F. The van der Waals surface area contributed by atoms with Crippen molar-refractivity contribution in [2.45, 2.75) is 6.92 Å². The van der Waals surface area contributed by atoms with Crippen molar-refractivity contribution in [3.8, 4) is 11.4 Å². The molecule has 18 heavy (non-hydrogen) atoms. The second kappa shape index (κ2) is 4.10. The second-order valence-corrected chi connectivity index (χ2v) is 4.59. The maximum Gasteiger partial charge on any atom is 0.138 e. The molecule has 3 rings (SSSR count). The number of benzene rings is 2. The molecule has 1 N–H and O–H groups in total. The number of para-hydroxylation sites is 1. The van der Waals surface area contributed by atoms with Crippen LogP contribution in [0.4, 0.5) is 4.39 Å². The van der Waals surface area contributed by atoms with E-state index in [9.17, 15) is 4.39 Å². The third-order valence-corrected chi connectivity index (χ3v) is 3.21. The average molecular weight is 261 g/mol. The zero-order valence-corrected chi connectivity index (χ0v) is 10.4. The second-order valence-electron chi connectivity index (χ2n) is 4.19. The van der Waals surface area contributed by atoms with Crippen molar-refractivity contribution in [1.29, 1.82) is 0 Å². The number of H-pyrrole nitrogens is 1. The predicted octanol–water partition coefficient (Wildman–Crippen LogP) is 4.33. The lowest BCUT2D eigenvalue weighted by atomic mass is 10.1. The van der Waals surface area contributed by atoms with Gasteiger partial charge in [-0.15, -0.1) is 0 Å². The summed E-state index contributed by atoms with van der Waals surface area (Å²) in [6.07, 6.45) is 0. The van der Waals surface area contributed by atoms with Crippen LogP contribution in [0.15, 0.2) is 36.4 Å². The molecular formula is C14H10ClFN2. The normalized spacial score (nSPS) is 11.1. The van der Waals surface area contributed by atoms with Crippen LogP contribution >= 0.6 is 11.6 Å². The molecule has 0 saturated carbocycles. The number of hydrogen-bond donors (Lipinski definition) is 1. The van der Waals surface area contributed by atoms with Gasteiger partial charge in [0.25, 0.3) is 0 Å². The van der Waals surface area contributed by atoms with E-state index in [2.05, 4.69) is 9.97 Å². The first-order valence-corrected chi connectivity index (χ1v) is 5.94. The third-order valence-electron chi connectivity index (χ3n) is 2.91. The Hall–Kier alpha value is -1.87. The van der Waals surface area contributed by atoms with Crippen LogP contribution in [0.25, 0.3) is 22.4 Å². The fourth-order valence-corrected chi connectivity index (χ4v) is 2.09. The highest BCUT2D eigenvalue weighted by Crippen LogP contribution is 2.26. The van der Waals surface area contributed by atoms with Gasteiger partial charge < -0.3 is 4.98 Å². The molecule has 2 aromatic carbocycles. The quantitative estimate of drug-likeness (QED) is 0.693. The van der Waals surface area contributed by atoms with Gasteiger partial charge in [0.15, 0.2) is 0 Å². The van der Waals surface area contributed by atoms with Gasteiger partial charge in [0.05, 0.1) is 10.5 Å². The molecule has 0 unspecified atom stereocenters. The van der Waals surface area contributed by atoms with Gasteiger partial charge in [0, 0.05) is 5.56 Å². The van der Waals surface area contributed by atoms with E-state index in [0.29, 0.717) is 27.5 Å². The first kappa shape index (κ1) is 11.2. The Balaban J connectivity index is 2.19. The molecule has 0 aliphatic heterocycles. The summed E-state index contributed by atoms with van der Waals surface area (Å²) in [6, 6.07) is 10.6. The predicted molar refractivity (Wildman–Crippen MR) is 71.2 cm³/mol. The monoisotopic (exact) mass is 260 g/mol. The van der Waals surface area contributed by atoms with Gasteiger partial charge >= 0.3 is 0 Å². The van der Waals surface area contributed by atoms with Gasteiger partial charge in [-0.2, -0.15) is 0 Å². The largest absolute Gasteiger partial charge is 0.338 e. The van der Waals surface area contributed by atoms with Crippen molar-refractivity contribution < 1.29 is 4.39 Å². The molecule has 3 aromatic rings. The molecule has 90 valence electrons. The summed E-state index contributed by atoms with van der Waals surface area (Å²) in [6.45, 7) is 1.73. The molecule has 0 aliphatic rings. The number of rotatable bonds is 1. The number of hydrogen-bond acceptors (Lipinski definition) is 1. The van der Waals surface area contributed by atoms with E-state index in [1.807, 2.05) is 18.2 Å². The van der Waals surface area contributed by atoms with Crippen LogP contribution < -0.4 is 0 Å². The van der Waals surface area contributed by atoms with E-state index < -0.39 is 0 Å². The highest BCUT2D eigenvalue weighted by atomic mass is 35.5. The van der Waals surface area contributed by atoms with Gasteiger partial charge in [-0.25, -0.2) is 9.37 Å². The maximum absolute atomic E-state index is 13.5. The third kappa shape index (κ3) is 1.77. The maximum atomic E-state index is 13.5. The van der Waals surface area contributed by atoms with E-state index in [4.69, 9.17) is 11.6 Å². The molecule has 0 saturated heterocycles. The Morgan fingerprint density at radius 3 is 2.78 bits per heavy atom. The summed E-state index contributed by atoms with van der Waals surface area (Å²) >= 11 is 6.06. The molecule has 1 heterocycles. The molecule has 0 fully saturated rings. The number of halogens is 2. The van der Waals surface area contributed by atoms with Crippen molar-refractivity contribution in [2.24, 2.45) is 0 Å². The van der Waals surface area contributed by atoms with E-state index in [0.717, 1.165) is 5.52 Å². The van der Waals surface area contributed by atoms with Crippen molar-refractivity contribution in [2.75, 3.05) is 0 Å². The summed E-state index contributed by atoms with van der Waals surface area (Å²) in [5.41, 5.74) is 2.88. The molecule has 2 nitrogen and oxygen atoms in total. The summed E-state index contributed by atoms with van der Waals surface area (Å²) in [5, 5.41) is 0.586. The van der Waals surface area contributed by atoms with E-state index in [-0.39, 0.29) is 5.82 Å². The minimum Gasteiger partial charge on any atom is -0.338 e. The standard InChI is InChI=1S/C14H10ClFN2/c1-8-5-6-9(7-11(8)16)14-17-12-4-2-3-10(15)13(12)18-14/h2-7H,1H3,(H,17,18). The van der Waals surface area contributed by atoms with Crippen molar-refractivity contribution >= 4 is 22.6 Å². The van der Waals surface area contributed by atoms with Crippen LogP contribution in [-0.2, 0) is 0 Å². The lowest BCUT2D eigenvalue weighted by molar-refractivity contribution is 0.619. The van der Waals surface area contributed by atoms with Gasteiger partial charge in [-0.1, -0.05) is 29.8 Å². The number of fused-ring (bicyclic) bond motifs is 1. The van der Waals surface area contributed by atoms with Crippen LogP contribution in [0.2, 0.25) is 5.02 Å². The fraction of sp³-hybridized carbons (Fsp3) is 0.0714. The van der Waals surface area contributed by atoms with Gasteiger partial charge in [0.2, 0.25) is 0 Å². The molecule has 4 heteroatoms. The number of aromatic nitrogens is 2. The molecule has 0 spiro atoms. The summed E-state index contributed by atoms with van der Waals surface area (Å²) in [5.74, 6) is 0.385. The van der Waals surface area contributed by atoms with Crippen LogP contribution in [0.5, 0.6) is 0 Å². The number of imidazole rings is 1. The zero-order valence-electron chi connectivity index (χ0n) is 9.67. The molecule has 0 amide bonds. The summed E-state index contributed by atoms with van der Waals surface area (Å²) in [4.78, 5) is 7.54. The van der Waals surface area contributed by atoms with Gasteiger partial charge in [0.1, 0.15) is 17.2 Å². The van der Waals surface area contributed by atoms with Crippen molar-refractivity contribution in [1.82, 2.24) is 9.97 Å². The Morgan fingerprint density at radius 2 is 2.06 bits per heavy atom. The molecule has 0 aliphatic carbocycles. The number of nitrogens with one attached hydrogen (secondary N) is 1. The fourth-order valence-electron chi connectivity index (χ4n) is 1.87. The van der Waals surface area contributed by atoms with Crippen molar-refractivity contribution in [3.63, 3.8) is 0 Å². The van der Waals surface area contributed by atoms with Crippen LogP contribution in [-0.4, -0.2) is 9.97 Å².